The van der Waals surface area contributed by atoms with E-state index in [0.29, 0.717) is 12.2 Å². The van der Waals surface area contributed by atoms with Gasteiger partial charge in [-0.2, -0.15) is 0 Å². The van der Waals surface area contributed by atoms with Gasteiger partial charge in [0.2, 0.25) is 0 Å². The number of ketones is 3. The monoisotopic (exact) mass is 296 g/mol. The van der Waals surface area contributed by atoms with Gasteiger partial charge in [0.1, 0.15) is 5.78 Å². The molecule has 0 aromatic carbocycles. The van der Waals surface area contributed by atoms with E-state index in [4.69, 9.17) is 10.2 Å². The Bertz CT molecular complexity index is 461. The van der Waals surface area contributed by atoms with Gasteiger partial charge in [-0.05, 0) is 25.0 Å². The minimum Gasteiger partial charge on any atom is -0.478 e. The molecule has 0 rings (SSSR count). The molecule has 0 heterocycles. The molecule has 0 radical (unpaired) electrons. The molecule has 7 heteroatoms. The molecular formula is C14H16O7. The van der Waals surface area contributed by atoms with Crippen molar-refractivity contribution in [3.63, 3.8) is 0 Å². The van der Waals surface area contributed by atoms with Crippen LogP contribution in [0.25, 0.3) is 0 Å². The van der Waals surface area contributed by atoms with E-state index < -0.39 is 29.4 Å². The van der Waals surface area contributed by atoms with Crippen molar-refractivity contribution >= 4 is 29.3 Å². The van der Waals surface area contributed by atoms with Crippen LogP contribution >= 0.6 is 0 Å². The highest BCUT2D eigenvalue weighted by Gasteiger charge is 2.17. The van der Waals surface area contributed by atoms with E-state index in [1.807, 2.05) is 0 Å². The molecule has 0 saturated carbocycles. The number of carbonyl (C=O) groups is 5. The molecule has 21 heavy (non-hydrogen) atoms. The van der Waals surface area contributed by atoms with Gasteiger partial charge in [0.05, 0.1) is 0 Å². The molecule has 0 atom stereocenters. The first kappa shape index (κ1) is 18.4. The first-order valence-electron chi connectivity index (χ1n) is 6.07. The maximum absolute atomic E-state index is 11.5. The zero-order valence-corrected chi connectivity index (χ0v) is 11.4. The summed E-state index contributed by atoms with van der Waals surface area (Å²) in [7, 11) is 0. The van der Waals surface area contributed by atoms with Crippen molar-refractivity contribution < 1.29 is 34.2 Å². The Balaban J connectivity index is 4.69. The molecule has 0 aliphatic heterocycles. The van der Waals surface area contributed by atoms with Gasteiger partial charge in [-0.3, -0.25) is 9.59 Å². The third kappa shape index (κ3) is 11.0. The highest BCUT2D eigenvalue weighted by molar-refractivity contribution is 5.97. The van der Waals surface area contributed by atoms with Crippen molar-refractivity contribution in [2.45, 2.75) is 26.2 Å². The zero-order chi connectivity index (χ0) is 16.4. The molecule has 114 valence electrons. The fourth-order valence-electron chi connectivity index (χ4n) is 1.66. The summed E-state index contributed by atoms with van der Waals surface area (Å²) in [5.74, 6) is -4.37. The van der Waals surface area contributed by atoms with Crippen LogP contribution in [-0.2, 0) is 24.0 Å². The summed E-state index contributed by atoms with van der Waals surface area (Å²) in [6.07, 6.45) is 2.77. The number of hydrogen-bond donors (Lipinski definition) is 2. The first-order valence-corrected chi connectivity index (χ1v) is 6.07. The quantitative estimate of drug-likeness (QED) is 0.570. The summed E-state index contributed by atoms with van der Waals surface area (Å²) in [4.78, 5) is 54.7. The summed E-state index contributed by atoms with van der Waals surface area (Å²) in [5, 5.41) is 16.8. The minimum atomic E-state index is -1.27. The van der Waals surface area contributed by atoms with Crippen molar-refractivity contribution in [3.8, 4) is 0 Å². The Morgan fingerprint density at radius 1 is 0.762 bits per heavy atom. The van der Waals surface area contributed by atoms with Crippen LogP contribution in [0.4, 0.5) is 0 Å². The van der Waals surface area contributed by atoms with Gasteiger partial charge in [0.25, 0.3) is 0 Å². The highest BCUT2D eigenvalue weighted by Crippen LogP contribution is 2.16. The van der Waals surface area contributed by atoms with Gasteiger partial charge in [0, 0.05) is 31.4 Å². The van der Waals surface area contributed by atoms with Crippen LogP contribution in [0.1, 0.15) is 26.2 Å². The van der Waals surface area contributed by atoms with Gasteiger partial charge in [-0.25, -0.2) is 9.59 Å². The predicted molar refractivity (Wildman–Crippen MR) is 71.6 cm³/mol. The van der Waals surface area contributed by atoms with Crippen molar-refractivity contribution in [1.82, 2.24) is 0 Å². The second kappa shape index (κ2) is 9.35. The topological polar surface area (TPSA) is 126 Å². The molecule has 0 fully saturated rings. The lowest BCUT2D eigenvalue weighted by Gasteiger charge is -2.11. The molecule has 0 aromatic rings. The second-order valence-corrected chi connectivity index (χ2v) is 4.46. The minimum absolute atomic E-state index is 0.0146. The number of carboxylic acid groups (broad SMARTS) is 2. The maximum atomic E-state index is 11.5. The number of carboxylic acids is 2. The van der Waals surface area contributed by atoms with Crippen LogP contribution in [-0.4, -0.2) is 39.5 Å². The fraction of sp³-hybridized carbons (Fsp3) is 0.357. The van der Waals surface area contributed by atoms with Gasteiger partial charge >= 0.3 is 11.9 Å². The average Bonchev–Trinajstić information content (AvgIpc) is 2.33. The number of allylic oxidation sites excluding steroid dienone is 2. The van der Waals surface area contributed by atoms with Crippen molar-refractivity contribution in [1.29, 1.82) is 0 Å². The lowest BCUT2D eigenvalue weighted by molar-refractivity contribution is -0.132. The van der Waals surface area contributed by atoms with Gasteiger partial charge < -0.3 is 15.0 Å². The molecule has 0 spiro atoms. The lowest BCUT2D eigenvalue weighted by Crippen LogP contribution is -2.14. The van der Waals surface area contributed by atoms with E-state index in [1.165, 1.54) is 6.92 Å². The summed E-state index contributed by atoms with van der Waals surface area (Å²) in [6, 6.07) is 0. The summed E-state index contributed by atoms with van der Waals surface area (Å²) >= 11 is 0. The Morgan fingerprint density at radius 3 is 1.43 bits per heavy atom. The van der Waals surface area contributed by atoms with E-state index in [9.17, 15) is 24.0 Å². The van der Waals surface area contributed by atoms with Crippen LogP contribution < -0.4 is 0 Å². The average molecular weight is 296 g/mol. The molecule has 0 amide bonds. The van der Waals surface area contributed by atoms with E-state index in [2.05, 4.69) is 0 Å². The zero-order valence-electron chi connectivity index (χ0n) is 11.4. The standard InChI is InChI=1S/C14H16O7/c1-9(15)6-10(7-11(16)2-4-13(18)19)8-12(17)3-5-14(20)21/h2-5,10H,6-8H2,1H3,(H,18,19)(H,20,21)/b4-2-,5-3-. The molecular weight excluding hydrogens is 280 g/mol. The molecule has 0 aromatic heterocycles. The third-order valence-electron chi connectivity index (χ3n) is 2.38. The second-order valence-electron chi connectivity index (χ2n) is 4.46. The smallest absolute Gasteiger partial charge is 0.328 e. The van der Waals surface area contributed by atoms with Crippen LogP contribution in [0.5, 0.6) is 0 Å². The molecule has 0 unspecified atom stereocenters. The normalized spacial score (nSPS) is 11.1. The number of aliphatic carboxylic acids is 2. The number of Topliss-reactive ketones (excluding diaryl/α,β-unsaturated/α-hetero) is 1. The van der Waals surface area contributed by atoms with Gasteiger partial charge in [0.15, 0.2) is 11.6 Å². The Labute approximate surface area is 121 Å². The van der Waals surface area contributed by atoms with Crippen LogP contribution in [0.3, 0.4) is 0 Å². The van der Waals surface area contributed by atoms with E-state index in [-0.39, 0.29) is 25.0 Å². The highest BCUT2D eigenvalue weighted by atomic mass is 16.4. The molecule has 0 aliphatic rings. The first-order chi connectivity index (χ1) is 9.70. The van der Waals surface area contributed by atoms with Crippen LogP contribution in [0.15, 0.2) is 24.3 Å². The largest absolute Gasteiger partial charge is 0.478 e. The molecule has 0 saturated heterocycles. The Hall–Kier alpha value is -2.57. The fourth-order valence-corrected chi connectivity index (χ4v) is 1.66. The van der Waals surface area contributed by atoms with Crippen LogP contribution in [0.2, 0.25) is 0 Å². The van der Waals surface area contributed by atoms with Crippen molar-refractivity contribution in [2.75, 3.05) is 0 Å². The summed E-state index contributed by atoms with van der Waals surface area (Å²) in [6.45, 7) is 1.31. The SMILES string of the molecule is CC(=O)CC(CC(=O)/C=C\C(=O)O)CC(=O)/C=C\C(=O)O. The molecule has 2 N–H and O–H groups in total. The number of rotatable bonds is 10. The Morgan fingerprint density at radius 2 is 1.14 bits per heavy atom. The van der Waals surface area contributed by atoms with Gasteiger partial charge in [-0.1, -0.05) is 0 Å². The third-order valence-corrected chi connectivity index (χ3v) is 2.38. The van der Waals surface area contributed by atoms with Gasteiger partial charge in [-0.15, -0.1) is 0 Å². The Kier molecular flexibility index (Phi) is 8.21. The summed E-state index contributed by atoms with van der Waals surface area (Å²) in [5.41, 5.74) is 0. The van der Waals surface area contributed by atoms with Crippen LogP contribution in [0, 0.1) is 5.92 Å². The lowest BCUT2D eigenvalue weighted by atomic mass is 9.91. The number of carbonyl (C=O) groups excluding carboxylic acids is 3. The molecule has 0 aliphatic carbocycles. The van der Waals surface area contributed by atoms with E-state index in [0.717, 1.165) is 12.2 Å². The van der Waals surface area contributed by atoms with Crippen molar-refractivity contribution in [3.05, 3.63) is 24.3 Å². The maximum Gasteiger partial charge on any atom is 0.328 e. The number of hydrogen-bond acceptors (Lipinski definition) is 5. The molecule has 7 nitrogen and oxygen atoms in total. The summed E-state index contributed by atoms with van der Waals surface area (Å²) < 4.78 is 0. The molecule has 0 bridgehead atoms. The van der Waals surface area contributed by atoms with E-state index in [1.54, 1.807) is 0 Å². The van der Waals surface area contributed by atoms with E-state index >= 15 is 0 Å². The predicted octanol–water partition coefficient (Wildman–Crippen LogP) is 0.782. The van der Waals surface area contributed by atoms with Crippen molar-refractivity contribution in [2.24, 2.45) is 5.92 Å².